The topological polar surface area (TPSA) is 68.0 Å². The van der Waals surface area contributed by atoms with E-state index in [1.165, 1.54) is 23.5 Å². The van der Waals surface area contributed by atoms with Gasteiger partial charge in [0.25, 0.3) is 0 Å². The number of thiophene rings is 1. The van der Waals surface area contributed by atoms with Crippen LogP contribution in [0, 0.1) is 5.82 Å². The molecule has 0 aliphatic rings. The molecule has 0 fully saturated rings. The van der Waals surface area contributed by atoms with E-state index in [4.69, 9.17) is 5.73 Å². The summed E-state index contributed by atoms with van der Waals surface area (Å²) in [6, 6.07) is 12.2. The van der Waals surface area contributed by atoms with Gasteiger partial charge >= 0.3 is 0 Å². The van der Waals surface area contributed by atoms with Gasteiger partial charge in [-0.2, -0.15) is 0 Å². The first-order valence-electron chi connectivity index (χ1n) is 8.47. The number of carbonyl (C=O) groups is 1. The van der Waals surface area contributed by atoms with Crippen molar-refractivity contribution in [1.29, 1.82) is 0 Å². The second-order valence-corrected chi connectivity index (χ2v) is 6.94. The van der Waals surface area contributed by atoms with Gasteiger partial charge in [-0.15, -0.1) is 11.3 Å². The summed E-state index contributed by atoms with van der Waals surface area (Å²) in [5, 5.41) is 3.73. The lowest BCUT2D eigenvalue weighted by atomic mass is 10.0. The highest BCUT2D eigenvalue weighted by atomic mass is 32.1. The molecule has 1 aromatic carbocycles. The van der Waals surface area contributed by atoms with Gasteiger partial charge in [-0.3, -0.25) is 9.78 Å². The van der Waals surface area contributed by atoms with E-state index < -0.39 is 0 Å². The summed E-state index contributed by atoms with van der Waals surface area (Å²) < 4.78 is 13.3. The molecule has 3 rings (SSSR count). The third-order valence-electron chi connectivity index (χ3n) is 3.95. The Labute approximate surface area is 155 Å². The van der Waals surface area contributed by atoms with E-state index in [9.17, 15) is 9.18 Å². The number of nitrogens with two attached hydrogens (primary N) is 1. The third kappa shape index (κ3) is 4.53. The van der Waals surface area contributed by atoms with Gasteiger partial charge in [0, 0.05) is 29.3 Å². The molecule has 0 radical (unpaired) electrons. The molecule has 134 valence electrons. The predicted octanol–water partition coefficient (Wildman–Crippen LogP) is 4.68. The van der Waals surface area contributed by atoms with Crippen LogP contribution in [0.15, 0.2) is 54.9 Å². The van der Waals surface area contributed by atoms with Crippen LogP contribution < -0.4 is 11.1 Å². The molecule has 2 heterocycles. The molecule has 3 N–H and O–H groups in total. The number of anilines is 1. The predicted molar refractivity (Wildman–Crippen MR) is 104 cm³/mol. The van der Waals surface area contributed by atoms with Crippen LogP contribution in [0.3, 0.4) is 0 Å². The van der Waals surface area contributed by atoms with Gasteiger partial charge in [-0.25, -0.2) is 4.39 Å². The Morgan fingerprint density at radius 2 is 1.81 bits per heavy atom. The molecule has 0 saturated heterocycles. The minimum Gasteiger partial charge on any atom is -0.330 e. The van der Waals surface area contributed by atoms with Crippen molar-refractivity contribution >= 4 is 22.2 Å². The Kier molecular flexibility index (Phi) is 6.09. The van der Waals surface area contributed by atoms with Gasteiger partial charge in [0.05, 0.1) is 5.00 Å². The molecule has 0 saturated carbocycles. The average molecular weight is 369 g/mol. The lowest BCUT2D eigenvalue weighted by Crippen LogP contribution is -2.10. The van der Waals surface area contributed by atoms with Gasteiger partial charge in [0.15, 0.2) is 0 Å². The molecule has 6 heteroatoms. The normalized spacial score (nSPS) is 10.7. The van der Waals surface area contributed by atoms with Crippen LogP contribution in [0.25, 0.3) is 21.6 Å². The van der Waals surface area contributed by atoms with Gasteiger partial charge in [-0.1, -0.05) is 12.1 Å². The monoisotopic (exact) mass is 369 g/mol. The number of carbonyl (C=O) groups excluding carboxylic acids is 1. The maximum absolute atomic E-state index is 13.3. The number of rotatable bonds is 7. The Morgan fingerprint density at radius 3 is 2.50 bits per heavy atom. The quantitative estimate of drug-likeness (QED) is 0.594. The van der Waals surface area contributed by atoms with E-state index in [0.717, 1.165) is 39.4 Å². The van der Waals surface area contributed by atoms with Crippen LogP contribution in [-0.2, 0) is 4.79 Å². The summed E-state index contributed by atoms with van der Waals surface area (Å²) in [6.45, 7) is 0.590. The van der Waals surface area contributed by atoms with Crippen molar-refractivity contribution in [1.82, 2.24) is 4.98 Å². The van der Waals surface area contributed by atoms with Crippen LogP contribution in [0.2, 0.25) is 0 Å². The SMILES string of the molecule is NCCCCC(=O)Nc1cc(-c2ccc(F)cc2)c(-c2ccncc2)s1. The number of unbranched alkanes of at least 4 members (excludes halogenated alkanes) is 1. The average Bonchev–Trinajstić information content (AvgIpc) is 3.07. The first-order valence-corrected chi connectivity index (χ1v) is 9.29. The van der Waals surface area contributed by atoms with Crippen LogP contribution in [0.1, 0.15) is 19.3 Å². The fourth-order valence-corrected chi connectivity index (χ4v) is 3.75. The lowest BCUT2D eigenvalue weighted by molar-refractivity contribution is -0.116. The van der Waals surface area contributed by atoms with Crippen LogP contribution in [-0.4, -0.2) is 17.4 Å². The summed E-state index contributed by atoms with van der Waals surface area (Å²) in [5.74, 6) is -0.297. The van der Waals surface area contributed by atoms with Crippen molar-refractivity contribution in [3.05, 3.63) is 60.7 Å². The summed E-state index contributed by atoms with van der Waals surface area (Å²) in [7, 11) is 0. The number of nitrogens with zero attached hydrogens (tertiary/aromatic N) is 1. The molecule has 1 amide bonds. The van der Waals surface area contributed by atoms with Crippen molar-refractivity contribution in [2.24, 2.45) is 5.73 Å². The number of benzene rings is 1. The smallest absolute Gasteiger partial charge is 0.224 e. The minimum absolute atomic E-state index is 0.0216. The largest absolute Gasteiger partial charge is 0.330 e. The van der Waals surface area contributed by atoms with E-state index in [0.29, 0.717) is 13.0 Å². The number of pyridine rings is 1. The number of hydrogen-bond donors (Lipinski definition) is 2. The molecule has 0 unspecified atom stereocenters. The second kappa shape index (κ2) is 8.69. The fraction of sp³-hybridized carbons (Fsp3) is 0.200. The molecule has 3 aromatic rings. The van der Waals surface area contributed by atoms with Crippen LogP contribution >= 0.6 is 11.3 Å². The van der Waals surface area contributed by atoms with Gasteiger partial charge in [0.2, 0.25) is 5.91 Å². The van der Waals surface area contributed by atoms with Crippen molar-refractivity contribution in [3.8, 4) is 21.6 Å². The summed E-state index contributed by atoms with van der Waals surface area (Å²) in [6.07, 6.45) is 5.52. The molecule has 0 atom stereocenters. The Balaban J connectivity index is 1.90. The summed E-state index contributed by atoms with van der Waals surface area (Å²) in [4.78, 5) is 17.2. The molecule has 0 spiro atoms. The number of amides is 1. The number of halogens is 1. The molecule has 0 aliphatic heterocycles. The van der Waals surface area contributed by atoms with E-state index in [1.807, 2.05) is 18.2 Å². The van der Waals surface area contributed by atoms with E-state index in [2.05, 4.69) is 10.3 Å². The zero-order valence-electron chi connectivity index (χ0n) is 14.2. The van der Waals surface area contributed by atoms with Gasteiger partial charge in [-0.05, 0) is 60.8 Å². The van der Waals surface area contributed by atoms with Crippen molar-refractivity contribution in [2.75, 3.05) is 11.9 Å². The molecule has 26 heavy (non-hydrogen) atoms. The lowest BCUT2D eigenvalue weighted by Gasteiger charge is -2.03. The van der Waals surface area contributed by atoms with E-state index in [-0.39, 0.29) is 11.7 Å². The van der Waals surface area contributed by atoms with Crippen LogP contribution in [0.4, 0.5) is 9.39 Å². The Hall–Kier alpha value is -2.57. The number of hydrogen-bond acceptors (Lipinski definition) is 4. The molecular formula is C20H20FN3OS. The zero-order chi connectivity index (χ0) is 18.4. The summed E-state index contributed by atoms with van der Waals surface area (Å²) in [5.41, 5.74) is 8.33. The highest BCUT2D eigenvalue weighted by molar-refractivity contribution is 7.20. The van der Waals surface area contributed by atoms with Gasteiger partial charge < -0.3 is 11.1 Å². The Morgan fingerprint density at radius 1 is 1.08 bits per heavy atom. The van der Waals surface area contributed by atoms with Crippen molar-refractivity contribution in [3.63, 3.8) is 0 Å². The van der Waals surface area contributed by atoms with E-state index in [1.54, 1.807) is 24.5 Å². The summed E-state index contributed by atoms with van der Waals surface area (Å²) >= 11 is 1.50. The molecule has 0 aliphatic carbocycles. The van der Waals surface area contributed by atoms with Gasteiger partial charge in [0.1, 0.15) is 5.82 Å². The number of aromatic nitrogens is 1. The van der Waals surface area contributed by atoms with E-state index >= 15 is 0 Å². The molecule has 0 bridgehead atoms. The standard InChI is InChI=1S/C20H20FN3OS/c21-16-6-4-14(5-7-16)17-13-19(24-18(25)3-1-2-10-22)26-20(17)15-8-11-23-12-9-15/h4-9,11-13H,1-3,10,22H2,(H,24,25). The second-order valence-electron chi connectivity index (χ2n) is 5.89. The fourth-order valence-electron chi connectivity index (χ4n) is 2.64. The molecule has 4 nitrogen and oxygen atoms in total. The first kappa shape index (κ1) is 18.2. The Bertz CT molecular complexity index is 863. The minimum atomic E-state index is -0.275. The first-order chi connectivity index (χ1) is 12.7. The highest BCUT2D eigenvalue weighted by Crippen LogP contribution is 2.41. The maximum Gasteiger partial charge on any atom is 0.224 e. The van der Waals surface area contributed by atoms with Crippen molar-refractivity contribution < 1.29 is 9.18 Å². The molecule has 2 aromatic heterocycles. The highest BCUT2D eigenvalue weighted by Gasteiger charge is 2.14. The maximum atomic E-state index is 13.3. The van der Waals surface area contributed by atoms with Crippen molar-refractivity contribution in [2.45, 2.75) is 19.3 Å². The molecular weight excluding hydrogens is 349 g/mol. The number of nitrogens with one attached hydrogen (secondary N) is 1. The zero-order valence-corrected chi connectivity index (χ0v) is 15.1. The van der Waals surface area contributed by atoms with Crippen LogP contribution in [0.5, 0.6) is 0 Å². The third-order valence-corrected chi connectivity index (χ3v) is 5.05.